The van der Waals surface area contributed by atoms with E-state index in [1.54, 1.807) is 18.4 Å². The fraction of sp³-hybridized carbons (Fsp3) is 0.100. The molecule has 0 amide bonds. The van der Waals surface area contributed by atoms with Gasteiger partial charge in [0.1, 0.15) is 17.4 Å². The lowest BCUT2D eigenvalue weighted by molar-refractivity contribution is 0.412. The molecular formula is C20H19N5OS. The third-order valence-electron chi connectivity index (χ3n) is 4.50. The van der Waals surface area contributed by atoms with Crippen molar-refractivity contribution in [2.24, 2.45) is 16.7 Å². The normalized spacial score (nSPS) is 11.9. The zero-order valence-electron chi connectivity index (χ0n) is 15.0. The lowest BCUT2D eigenvalue weighted by Crippen LogP contribution is -2.15. The number of nitrogens with two attached hydrogens (primary N) is 2. The molecule has 0 aliphatic rings. The molecular weight excluding hydrogens is 358 g/mol. The summed E-state index contributed by atoms with van der Waals surface area (Å²) < 4.78 is 6.59. The van der Waals surface area contributed by atoms with Gasteiger partial charge in [-0.05, 0) is 36.1 Å². The number of anilines is 2. The van der Waals surface area contributed by atoms with Crippen LogP contribution < -0.4 is 21.6 Å². The third-order valence-corrected chi connectivity index (χ3v) is 5.45. The van der Waals surface area contributed by atoms with Gasteiger partial charge >= 0.3 is 0 Å². The molecule has 5 N–H and O–H groups in total. The molecule has 0 spiro atoms. The van der Waals surface area contributed by atoms with Crippen molar-refractivity contribution in [3.05, 3.63) is 59.0 Å². The quantitative estimate of drug-likeness (QED) is 0.215. The maximum atomic E-state index is 5.86. The number of aryl methyl sites for hydroxylation is 1. The number of rotatable bonds is 4. The summed E-state index contributed by atoms with van der Waals surface area (Å²) in [6.45, 7) is 2.01. The molecule has 0 aliphatic heterocycles. The average Bonchev–Trinajstić information content (AvgIpc) is 3.19. The van der Waals surface area contributed by atoms with E-state index in [1.165, 1.54) is 0 Å². The first-order valence-electron chi connectivity index (χ1n) is 8.37. The summed E-state index contributed by atoms with van der Waals surface area (Å²) in [6.07, 6.45) is 0. The van der Waals surface area contributed by atoms with E-state index in [0.717, 1.165) is 49.4 Å². The topological polar surface area (TPSA) is 98.5 Å². The number of hydrazone groups is 1. The van der Waals surface area contributed by atoms with Crippen LogP contribution in [0.15, 0.2) is 52.9 Å². The van der Waals surface area contributed by atoms with Gasteiger partial charge < -0.3 is 21.6 Å². The number of ether oxygens (including phenoxy) is 1. The van der Waals surface area contributed by atoms with Crippen molar-refractivity contribution in [3.63, 3.8) is 0 Å². The van der Waals surface area contributed by atoms with Crippen LogP contribution in [0.4, 0.5) is 11.5 Å². The lowest BCUT2D eigenvalue weighted by atomic mass is 10.1. The zero-order chi connectivity index (χ0) is 19.0. The number of hydrogen-bond donors (Lipinski definition) is 3. The maximum absolute atomic E-state index is 5.86. The number of nitrogens with one attached hydrogen (secondary N) is 1. The number of pyridine rings is 1. The SMILES string of the molecule is COc1cc(Nc2nc3cc(/C(N)=N/N)ccc3c3sccc23)ccc1C. The van der Waals surface area contributed by atoms with Crippen molar-refractivity contribution in [1.29, 1.82) is 0 Å². The van der Waals surface area contributed by atoms with E-state index in [0.29, 0.717) is 0 Å². The largest absolute Gasteiger partial charge is 0.496 e. The molecule has 2 aromatic carbocycles. The molecule has 7 heteroatoms. The lowest BCUT2D eigenvalue weighted by Gasteiger charge is -2.12. The van der Waals surface area contributed by atoms with E-state index in [4.69, 9.17) is 21.3 Å². The fourth-order valence-electron chi connectivity index (χ4n) is 3.06. The van der Waals surface area contributed by atoms with Crippen LogP contribution in [0.3, 0.4) is 0 Å². The summed E-state index contributed by atoms with van der Waals surface area (Å²) in [6, 6.07) is 13.9. The van der Waals surface area contributed by atoms with Crippen molar-refractivity contribution in [1.82, 2.24) is 4.98 Å². The van der Waals surface area contributed by atoms with Crippen molar-refractivity contribution >= 4 is 49.7 Å². The highest BCUT2D eigenvalue weighted by atomic mass is 32.1. The van der Waals surface area contributed by atoms with Crippen LogP contribution in [-0.4, -0.2) is 17.9 Å². The molecule has 0 unspecified atom stereocenters. The molecule has 6 nitrogen and oxygen atoms in total. The van der Waals surface area contributed by atoms with Gasteiger partial charge in [0.25, 0.3) is 0 Å². The molecule has 0 fully saturated rings. The highest BCUT2D eigenvalue weighted by Crippen LogP contribution is 2.35. The Hall–Kier alpha value is -3.32. The Morgan fingerprint density at radius 2 is 2.00 bits per heavy atom. The van der Waals surface area contributed by atoms with E-state index >= 15 is 0 Å². The maximum Gasteiger partial charge on any atom is 0.150 e. The van der Waals surface area contributed by atoms with Gasteiger partial charge in [-0.3, -0.25) is 0 Å². The minimum atomic E-state index is 0.280. The zero-order valence-corrected chi connectivity index (χ0v) is 15.8. The minimum Gasteiger partial charge on any atom is -0.496 e. The van der Waals surface area contributed by atoms with E-state index in [2.05, 4.69) is 21.9 Å². The molecule has 0 radical (unpaired) electrons. The summed E-state index contributed by atoms with van der Waals surface area (Å²) >= 11 is 1.68. The van der Waals surface area contributed by atoms with Crippen LogP contribution in [0.5, 0.6) is 5.75 Å². The molecule has 0 saturated heterocycles. The molecule has 0 saturated carbocycles. The van der Waals surface area contributed by atoms with Crippen LogP contribution in [0.25, 0.3) is 21.0 Å². The average molecular weight is 377 g/mol. The van der Waals surface area contributed by atoms with Crippen LogP contribution in [0.1, 0.15) is 11.1 Å². The summed E-state index contributed by atoms with van der Waals surface area (Å²) in [4.78, 5) is 4.83. The summed E-state index contributed by atoms with van der Waals surface area (Å²) in [5.74, 6) is 7.21. The van der Waals surface area contributed by atoms with Crippen molar-refractivity contribution in [2.45, 2.75) is 6.92 Å². The highest BCUT2D eigenvalue weighted by Gasteiger charge is 2.12. The Kier molecular flexibility index (Phi) is 4.29. The highest BCUT2D eigenvalue weighted by molar-refractivity contribution is 7.18. The second-order valence-corrected chi connectivity index (χ2v) is 7.10. The number of methoxy groups -OCH3 is 1. The summed E-state index contributed by atoms with van der Waals surface area (Å²) in [5.41, 5.74) is 9.42. The Bertz CT molecular complexity index is 1180. The Morgan fingerprint density at radius 3 is 2.78 bits per heavy atom. The first-order valence-corrected chi connectivity index (χ1v) is 9.25. The van der Waals surface area contributed by atoms with Gasteiger partial charge in [-0.15, -0.1) is 11.3 Å². The summed E-state index contributed by atoms with van der Waals surface area (Å²) in [5, 5.41) is 11.2. The number of fused-ring (bicyclic) bond motifs is 3. The van der Waals surface area contributed by atoms with Gasteiger partial charge in [-0.1, -0.05) is 18.2 Å². The van der Waals surface area contributed by atoms with E-state index in [1.807, 2.05) is 43.3 Å². The molecule has 27 heavy (non-hydrogen) atoms. The monoisotopic (exact) mass is 377 g/mol. The molecule has 0 bridgehead atoms. The van der Waals surface area contributed by atoms with Gasteiger partial charge in [-0.25, -0.2) is 4.98 Å². The van der Waals surface area contributed by atoms with Crippen LogP contribution in [0.2, 0.25) is 0 Å². The van der Waals surface area contributed by atoms with Crippen LogP contribution in [0, 0.1) is 6.92 Å². The second-order valence-electron chi connectivity index (χ2n) is 6.18. The number of amidine groups is 1. The Balaban J connectivity index is 1.87. The molecule has 2 heterocycles. The fourth-order valence-corrected chi connectivity index (χ4v) is 4.00. The van der Waals surface area contributed by atoms with E-state index < -0.39 is 0 Å². The van der Waals surface area contributed by atoms with Crippen molar-refractivity contribution in [2.75, 3.05) is 12.4 Å². The Labute approximate surface area is 160 Å². The predicted octanol–water partition coefficient (Wildman–Crippen LogP) is 4.09. The molecule has 4 aromatic rings. The molecule has 136 valence electrons. The second kappa shape index (κ2) is 6.77. The van der Waals surface area contributed by atoms with Gasteiger partial charge in [0.2, 0.25) is 0 Å². The van der Waals surface area contributed by atoms with Gasteiger partial charge in [0.15, 0.2) is 0 Å². The first-order chi connectivity index (χ1) is 13.1. The number of aromatic nitrogens is 1. The minimum absolute atomic E-state index is 0.280. The van der Waals surface area contributed by atoms with E-state index in [9.17, 15) is 0 Å². The number of thiophene rings is 1. The standard InChI is InChI=1S/C20H19N5OS/c1-11-3-5-13(10-17(11)26-2)23-20-15-7-8-27-18(15)14-6-4-12(19(21)25-22)9-16(14)24-20/h3-10H,22H2,1-2H3,(H2,21,25)(H,23,24). The number of hydrogen-bond acceptors (Lipinski definition) is 6. The summed E-state index contributed by atoms with van der Waals surface area (Å²) in [7, 11) is 1.67. The first kappa shape index (κ1) is 17.1. The third kappa shape index (κ3) is 3.02. The molecule has 0 atom stereocenters. The molecule has 2 aromatic heterocycles. The van der Waals surface area contributed by atoms with Crippen molar-refractivity contribution < 1.29 is 4.74 Å². The van der Waals surface area contributed by atoms with Gasteiger partial charge in [0, 0.05) is 32.8 Å². The number of nitrogens with zero attached hydrogens (tertiary/aromatic N) is 2. The molecule has 4 rings (SSSR count). The van der Waals surface area contributed by atoms with Gasteiger partial charge in [-0.2, -0.15) is 5.10 Å². The van der Waals surface area contributed by atoms with Crippen LogP contribution in [-0.2, 0) is 0 Å². The van der Waals surface area contributed by atoms with Crippen LogP contribution >= 0.6 is 11.3 Å². The predicted molar refractivity (Wildman–Crippen MR) is 113 cm³/mol. The van der Waals surface area contributed by atoms with Crippen molar-refractivity contribution in [3.8, 4) is 5.75 Å². The van der Waals surface area contributed by atoms with Gasteiger partial charge in [0.05, 0.1) is 12.6 Å². The Morgan fingerprint density at radius 1 is 1.15 bits per heavy atom. The molecule has 0 aliphatic carbocycles. The smallest absolute Gasteiger partial charge is 0.150 e. The van der Waals surface area contributed by atoms with E-state index in [-0.39, 0.29) is 5.84 Å². The number of benzene rings is 2.